The Bertz CT molecular complexity index is 960. The standard InChI is InChI=1S/C26H28N4/c1-30-25(21(20-28-30)12-11-19-27)29-26(22-13-5-2-6-14-22,23-15-7-3-8-16-23)24-17-9-4-10-18-24/h2-10,13-18,20,29H,11-12,19,27H2,1H3. The van der Waals surface area contributed by atoms with Crippen molar-refractivity contribution in [2.45, 2.75) is 18.4 Å². The zero-order valence-corrected chi connectivity index (χ0v) is 17.3. The number of nitrogens with two attached hydrogens (primary N) is 1. The van der Waals surface area contributed by atoms with Crippen molar-refractivity contribution in [3.63, 3.8) is 0 Å². The Hall–Kier alpha value is -3.37. The van der Waals surface area contributed by atoms with Gasteiger partial charge in [-0.2, -0.15) is 5.10 Å². The second-order valence-electron chi connectivity index (χ2n) is 7.51. The predicted octanol–water partition coefficient (Wildman–Crippen LogP) is 4.72. The van der Waals surface area contributed by atoms with Crippen molar-refractivity contribution in [3.05, 3.63) is 119 Å². The van der Waals surface area contributed by atoms with Gasteiger partial charge in [0, 0.05) is 12.6 Å². The van der Waals surface area contributed by atoms with Crippen molar-refractivity contribution in [1.29, 1.82) is 0 Å². The summed E-state index contributed by atoms with van der Waals surface area (Å²) in [7, 11) is 1.99. The molecule has 0 bridgehead atoms. The lowest BCUT2D eigenvalue weighted by atomic mass is 9.77. The molecule has 152 valence electrons. The minimum atomic E-state index is -0.560. The molecule has 0 amide bonds. The maximum absolute atomic E-state index is 5.79. The third-order valence-electron chi connectivity index (χ3n) is 5.59. The molecule has 0 radical (unpaired) electrons. The van der Waals surface area contributed by atoms with Gasteiger partial charge in [0.1, 0.15) is 11.4 Å². The van der Waals surface area contributed by atoms with Gasteiger partial charge in [-0.05, 0) is 36.1 Å². The van der Waals surface area contributed by atoms with E-state index in [0.29, 0.717) is 6.54 Å². The molecule has 4 rings (SSSR count). The molecule has 0 aliphatic carbocycles. The van der Waals surface area contributed by atoms with E-state index in [2.05, 4.69) is 101 Å². The lowest BCUT2D eigenvalue weighted by molar-refractivity contribution is 0.676. The van der Waals surface area contributed by atoms with Gasteiger partial charge in [0.15, 0.2) is 0 Å². The fraction of sp³-hybridized carbons (Fsp3) is 0.192. The van der Waals surface area contributed by atoms with Crippen LogP contribution >= 0.6 is 0 Å². The zero-order chi connectivity index (χ0) is 20.8. The van der Waals surface area contributed by atoms with Gasteiger partial charge in [-0.3, -0.25) is 4.68 Å². The molecule has 4 aromatic rings. The summed E-state index contributed by atoms with van der Waals surface area (Å²) < 4.78 is 1.93. The van der Waals surface area contributed by atoms with Gasteiger partial charge in [0.05, 0.1) is 6.20 Å². The van der Waals surface area contributed by atoms with Crippen LogP contribution in [-0.4, -0.2) is 16.3 Å². The largest absolute Gasteiger partial charge is 0.353 e. The Balaban J connectivity index is 1.96. The molecule has 0 unspecified atom stereocenters. The van der Waals surface area contributed by atoms with Gasteiger partial charge >= 0.3 is 0 Å². The van der Waals surface area contributed by atoms with E-state index in [9.17, 15) is 0 Å². The van der Waals surface area contributed by atoms with E-state index >= 15 is 0 Å². The van der Waals surface area contributed by atoms with Crippen molar-refractivity contribution < 1.29 is 0 Å². The molecule has 0 spiro atoms. The number of hydrogen-bond acceptors (Lipinski definition) is 3. The summed E-state index contributed by atoms with van der Waals surface area (Å²) in [6.45, 7) is 0.662. The van der Waals surface area contributed by atoms with Crippen LogP contribution in [0, 0.1) is 0 Å². The quantitative estimate of drug-likeness (QED) is 0.424. The summed E-state index contributed by atoms with van der Waals surface area (Å²) in [5, 5.41) is 8.47. The number of hydrogen-bond donors (Lipinski definition) is 2. The third-order valence-corrected chi connectivity index (χ3v) is 5.59. The Morgan fingerprint density at radius 3 is 1.70 bits per heavy atom. The van der Waals surface area contributed by atoms with Gasteiger partial charge in [-0.25, -0.2) is 0 Å². The molecule has 0 aliphatic heterocycles. The van der Waals surface area contributed by atoms with Crippen molar-refractivity contribution in [3.8, 4) is 0 Å². The molecular weight excluding hydrogens is 368 g/mol. The van der Waals surface area contributed by atoms with Crippen LogP contribution in [0.1, 0.15) is 28.7 Å². The first-order chi connectivity index (χ1) is 14.8. The Morgan fingerprint density at radius 2 is 1.27 bits per heavy atom. The molecule has 3 N–H and O–H groups in total. The summed E-state index contributed by atoms with van der Waals surface area (Å²) in [6, 6.07) is 31.8. The molecule has 0 saturated heterocycles. The molecule has 30 heavy (non-hydrogen) atoms. The molecule has 1 aromatic heterocycles. The molecule has 0 atom stereocenters. The lowest BCUT2D eigenvalue weighted by Crippen LogP contribution is -2.39. The molecule has 3 aromatic carbocycles. The van der Waals surface area contributed by atoms with Gasteiger partial charge in [0.2, 0.25) is 0 Å². The van der Waals surface area contributed by atoms with Crippen LogP contribution in [0.3, 0.4) is 0 Å². The van der Waals surface area contributed by atoms with Crippen LogP contribution in [0.15, 0.2) is 97.2 Å². The Kier molecular flexibility index (Phi) is 5.96. The maximum atomic E-state index is 5.79. The molecule has 1 heterocycles. The number of rotatable bonds is 8. The smallest absolute Gasteiger partial charge is 0.128 e. The highest BCUT2D eigenvalue weighted by Gasteiger charge is 2.37. The summed E-state index contributed by atoms with van der Waals surface area (Å²) in [5.74, 6) is 1.01. The van der Waals surface area contributed by atoms with E-state index in [1.165, 1.54) is 22.3 Å². The molecule has 4 heteroatoms. The van der Waals surface area contributed by atoms with Crippen molar-refractivity contribution in [2.75, 3.05) is 11.9 Å². The van der Waals surface area contributed by atoms with Crippen LogP contribution in [0.25, 0.3) is 0 Å². The number of nitrogens with zero attached hydrogens (tertiary/aromatic N) is 2. The van der Waals surface area contributed by atoms with Crippen LogP contribution < -0.4 is 11.1 Å². The average molecular weight is 397 g/mol. The van der Waals surface area contributed by atoms with Crippen LogP contribution in [0.5, 0.6) is 0 Å². The average Bonchev–Trinajstić information content (AvgIpc) is 3.16. The number of nitrogens with one attached hydrogen (secondary N) is 1. The first-order valence-corrected chi connectivity index (χ1v) is 10.4. The second-order valence-corrected chi connectivity index (χ2v) is 7.51. The summed E-state index contributed by atoms with van der Waals surface area (Å²) >= 11 is 0. The molecule has 4 nitrogen and oxygen atoms in total. The van der Waals surface area contributed by atoms with Gasteiger partial charge in [-0.15, -0.1) is 0 Å². The van der Waals surface area contributed by atoms with E-state index in [1.807, 2.05) is 17.9 Å². The zero-order valence-electron chi connectivity index (χ0n) is 17.3. The van der Waals surface area contributed by atoms with E-state index in [-0.39, 0.29) is 0 Å². The lowest BCUT2D eigenvalue weighted by Gasteiger charge is -2.38. The number of aryl methyl sites for hydroxylation is 2. The summed E-state index contributed by atoms with van der Waals surface area (Å²) in [4.78, 5) is 0. The topological polar surface area (TPSA) is 55.9 Å². The van der Waals surface area contributed by atoms with Crippen LogP contribution in [0.4, 0.5) is 5.82 Å². The molecular formula is C26H28N4. The number of benzene rings is 3. The molecule has 0 fully saturated rings. The monoisotopic (exact) mass is 396 g/mol. The fourth-order valence-electron chi connectivity index (χ4n) is 4.08. The fourth-order valence-corrected chi connectivity index (χ4v) is 4.08. The highest BCUT2D eigenvalue weighted by Crippen LogP contribution is 2.40. The van der Waals surface area contributed by atoms with E-state index < -0.39 is 5.54 Å². The van der Waals surface area contributed by atoms with Crippen molar-refractivity contribution in [2.24, 2.45) is 12.8 Å². The second kappa shape index (κ2) is 8.97. The van der Waals surface area contributed by atoms with Crippen LogP contribution in [-0.2, 0) is 19.0 Å². The van der Waals surface area contributed by atoms with Crippen molar-refractivity contribution in [1.82, 2.24) is 9.78 Å². The molecule has 0 saturated carbocycles. The minimum Gasteiger partial charge on any atom is -0.353 e. The van der Waals surface area contributed by atoms with E-state index in [1.54, 1.807) is 0 Å². The van der Waals surface area contributed by atoms with E-state index in [0.717, 1.165) is 18.7 Å². The summed E-state index contributed by atoms with van der Waals surface area (Å²) in [6.07, 6.45) is 3.76. The van der Waals surface area contributed by atoms with Crippen molar-refractivity contribution >= 4 is 5.82 Å². The highest BCUT2D eigenvalue weighted by molar-refractivity contribution is 5.60. The van der Waals surface area contributed by atoms with E-state index in [4.69, 9.17) is 5.73 Å². The Morgan fingerprint density at radius 1 is 0.800 bits per heavy atom. The Labute approximate surface area is 178 Å². The summed E-state index contributed by atoms with van der Waals surface area (Å²) in [5.41, 5.74) is 9.92. The molecule has 0 aliphatic rings. The third kappa shape index (κ3) is 3.74. The maximum Gasteiger partial charge on any atom is 0.128 e. The van der Waals surface area contributed by atoms with Gasteiger partial charge < -0.3 is 11.1 Å². The van der Waals surface area contributed by atoms with Gasteiger partial charge in [0.25, 0.3) is 0 Å². The highest BCUT2D eigenvalue weighted by atomic mass is 15.3. The van der Waals surface area contributed by atoms with Crippen LogP contribution in [0.2, 0.25) is 0 Å². The first-order valence-electron chi connectivity index (χ1n) is 10.4. The number of aromatic nitrogens is 2. The first kappa shape index (κ1) is 19.9. The predicted molar refractivity (Wildman–Crippen MR) is 123 cm³/mol. The SMILES string of the molecule is Cn1ncc(CCCN)c1NC(c1ccccc1)(c1ccccc1)c1ccccc1. The van der Waals surface area contributed by atoms with Gasteiger partial charge in [-0.1, -0.05) is 91.0 Å². The minimum absolute atomic E-state index is 0.560. The number of anilines is 1. The normalized spacial score (nSPS) is 11.4.